The van der Waals surface area contributed by atoms with Crippen LogP contribution in [0, 0.1) is 0 Å². The number of hydrogen-bond acceptors (Lipinski definition) is 3. The van der Waals surface area contributed by atoms with Crippen LogP contribution < -0.4 is 11.1 Å². The number of carbonyl (C=O) groups excluding carboxylic acids is 1. The van der Waals surface area contributed by atoms with Crippen molar-refractivity contribution in [3.63, 3.8) is 0 Å². The van der Waals surface area contributed by atoms with Crippen LogP contribution in [0.15, 0.2) is 41.8 Å². The van der Waals surface area contributed by atoms with Crippen molar-refractivity contribution in [1.29, 1.82) is 0 Å². The molecule has 112 valence electrons. The molecule has 1 amide bonds. The highest BCUT2D eigenvalue weighted by Crippen LogP contribution is 2.27. The lowest BCUT2D eigenvalue weighted by Gasteiger charge is -2.22. The smallest absolute Gasteiger partial charge is 0.234 e. The van der Waals surface area contributed by atoms with Gasteiger partial charge < -0.3 is 5.73 Å². The topological polar surface area (TPSA) is 55.1 Å². The average molecular weight is 302 g/mol. The van der Waals surface area contributed by atoms with Gasteiger partial charge in [-0.3, -0.25) is 10.1 Å². The Morgan fingerprint density at radius 1 is 1.10 bits per heavy atom. The van der Waals surface area contributed by atoms with E-state index in [0.717, 1.165) is 5.56 Å². The van der Waals surface area contributed by atoms with Crippen LogP contribution in [0.3, 0.4) is 0 Å². The van der Waals surface area contributed by atoms with Crippen molar-refractivity contribution in [2.24, 2.45) is 5.73 Å². The summed E-state index contributed by atoms with van der Waals surface area (Å²) in [4.78, 5) is 12.5. The Morgan fingerprint density at radius 3 is 2.19 bits per heavy atom. The summed E-state index contributed by atoms with van der Waals surface area (Å²) in [5.41, 5.74) is 7.84. The summed E-state index contributed by atoms with van der Waals surface area (Å²) in [7, 11) is 0. The molecular weight excluding hydrogens is 280 g/mol. The number of primary amides is 1. The highest BCUT2D eigenvalue weighted by Gasteiger charge is 2.20. The summed E-state index contributed by atoms with van der Waals surface area (Å²) < 4.78 is 0. The zero-order valence-electron chi connectivity index (χ0n) is 12.7. The van der Waals surface area contributed by atoms with Gasteiger partial charge in [-0.25, -0.2) is 0 Å². The van der Waals surface area contributed by atoms with Gasteiger partial charge in [-0.2, -0.15) is 0 Å². The van der Waals surface area contributed by atoms with E-state index >= 15 is 0 Å². The molecule has 2 aromatic rings. The summed E-state index contributed by atoms with van der Waals surface area (Å²) in [6, 6.07) is 12.3. The maximum absolute atomic E-state index is 11.3. The first-order valence-corrected chi connectivity index (χ1v) is 8.05. The minimum absolute atomic E-state index is 0.00582. The molecule has 3 N–H and O–H groups in total. The molecule has 0 bridgehead atoms. The summed E-state index contributed by atoms with van der Waals surface area (Å²) >= 11 is 1.68. The van der Waals surface area contributed by atoms with Gasteiger partial charge in [-0.15, -0.1) is 11.3 Å². The number of nitrogens with one attached hydrogen (secondary N) is 1. The lowest BCUT2D eigenvalue weighted by Crippen LogP contribution is -2.40. The zero-order valence-corrected chi connectivity index (χ0v) is 13.5. The molecule has 0 radical (unpaired) electrons. The van der Waals surface area contributed by atoms with E-state index < -0.39 is 0 Å². The maximum Gasteiger partial charge on any atom is 0.234 e. The minimum atomic E-state index is -0.373. The number of thiophene rings is 1. The van der Waals surface area contributed by atoms with Crippen molar-refractivity contribution >= 4 is 17.2 Å². The fourth-order valence-electron chi connectivity index (χ4n) is 2.20. The van der Waals surface area contributed by atoms with Crippen LogP contribution in [0.2, 0.25) is 0 Å². The Labute approximate surface area is 130 Å². The van der Waals surface area contributed by atoms with Gasteiger partial charge in [0, 0.05) is 4.88 Å². The molecule has 0 saturated carbocycles. The van der Waals surface area contributed by atoms with Crippen molar-refractivity contribution in [1.82, 2.24) is 5.32 Å². The molecule has 0 unspecified atom stereocenters. The van der Waals surface area contributed by atoms with Crippen molar-refractivity contribution in [3.05, 3.63) is 57.8 Å². The second-order valence-electron chi connectivity index (χ2n) is 5.56. The summed E-state index contributed by atoms with van der Waals surface area (Å²) in [5, 5.41) is 5.36. The van der Waals surface area contributed by atoms with Crippen LogP contribution in [-0.4, -0.2) is 11.9 Å². The highest BCUT2D eigenvalue weighted by atomic mass is 32.1. The molecule has 1 aromatic heterocycles. The molecule has 0 aliphatic heterocycles. The fraction of sp³-hybridized carbons (Fsp3) is 0.353. The first kappa shape index (κ1) is 15.7. The van der Waals surface area contributed by atoms with Crippen molar-refractivity contribution in [2.75, 3.05) is 0 Å². The van der Waals surface area contributed by atoms with Gasteiger partial charge in [0.25, 0.3) is 0 Å². The van der Waals surface area contributed by atoms with Crippen LogP contribution >= 0.6 is 11.3 Å². The highest BCUT2D eigenvalue weighted by molar-refractivity contribution is 7.10. The molecule has 0 aliphatic rings. The second-order valence-corrected chi connectivity index (χ2v) is 6.54. The van der Waals surface area contributed by atoms with E-state index in [0.29, 0.717) is 5.92 Å². The van der Waals surface area contributed by atoms with E-state index in [1.165, 1.54) is 10.4 Å². The normalized spacial score (nSPS) is 14.1. The van der Waals surface area contributed by atoms with E-state index in [1.807, 2.05) is 11.4 Å². The van der Waals surface area contributed by atoms with E-state index in [2.05, 4.69) is 49.5 Å². The van der Waals surface area contributed by atoms with Gasteiger partial charge in [0.2, 0.25) is 5.91 Å². The lowest BCUT2D eigenvalue weighted by molar-refractivity contribution is -0.119. The van der Waals surface area contributed by atoms with Crippen LogP contribution in [0.1, 0.15) is 48.7 Å². The lowest BCUT2D eigenvalue weighted by atomic mass is 9.98. The number of carbonyl (C=O) groups is 1. The molecule has 21 heavy (non-hydrogen) atoms. The Bertz CT molecular complexity index is 575. The van der Waals surface area contributed by atoms with Gasteiger partial charge in [0.1, 0.15) is 0 Å². The van der Waals surface area contributed by atoms with Gasteiger partial charge >= 0.3 is 0 Å². The Hall–Kier alpha value is -1.65. The third-order valence-corrected chi connectivity index (χ3v) is 4.54. The van der Waals surface area contributed by atoms with Gasteiger partial charge in [0.15, 0.2) is 0 Å². The molecule has 4 heteroatoms. The van der Waals surface area contributed by atoms with Crippen LogP contribution in [0.25, 0.3) is 0 Å². The Balaban J connectivity index is 2.29. The van der Waals surface area contributed by atoms with E-state index in [1.54, 1.807) is 18.3 Å². The zero-order chi connectivity index (χ0) is 15.4. The predicted molar refractivity (Wildman–Crippen MR) is 88.5 cm³/mol. The van der Waals surface area contributed by atoms with E-state index in [-0.39, 0.29) is 18.0 Å². The fourth-order valence-corrected chi connectivity index (χ4v) is 3.02. The molecule has 0 fully saturated rings. The third kappa shape index (κ3) is 3.93. The average Bonchev–Trinajstić information content (AvgIpc) is 2.98. The molecule has 0 saturated heterocycles. The number of rotatable bonds is 6. The quantitative estimate of drug-likeness (QED) is 0.859. The summed E-state index contributed by atoms with van der Waals surface area (Å²) in [6.45, 7) is 6.16. The first-order chi connectivity index (χ1) is 9.99. The minimum Gasteiger partial charge on any atom is -0.368 e. The number of benzene rings is 1. The molecule has 1 aromatic carbocycles. The molecule has 2 atom stereocenters. The predicted octanol–water partition coefficient (Wildman–Crippen LogP) is 3.42. The first-order valence-electron chi connectivity index (χ1n) is 7.17. The third-order valence-electron chi connectivity index (χ3n) is 3.61. The van der Waals surface area contributed by atoms with Crippen LogP contribution in [0.4, 0.5) is 0 Å². The molecule has 0 aliphatic carbocycles. The molecule has 1 heterocycles. The maximum atomic E-state index is 11.3. The Kier molecular flexibility index (Phi) is 5.15. The van der Waals surface area contributed by atoms with Crippen molar-refractivity contribution in [3.8, 4) is 0 Å². The van der Waals surface area contributed by atoms with E-state index in [9.17, 15) is 4.79 Å². The van der Waals surface area contributed by atoms with Crippen LogP contribution in [-0.2, 0) is 4.79 Å². The van der Waals surface area contributed by atoms with Crippen molar-refractivity contribution < 1.29 is 4.79 Å². The summed E-state index contributed by atoms with van der Waals surface area (Å²) in [5.74, 6) is 0.173. The number of amides is 1. The molecule has 0 spiro atoms. The number of nitrogens with two attached hydrogens (primary N) is 1. The SMILES string of the molecule is CC(C)c1ccc([C@@H](N[C@@H](C)C(N)=O)c2cccs2)cc1. The molecule has 2 rings (SSSR count). The summed E-state index contributed by atoms with van der Waals surface area (Å²) in [6.07, 6.45) is 0. The van der Waals surface area contributed by atoms with Gasteiger partial charge in [-0.1, -0.05) is 44.2 Å². The standard InChI is InChI=1S/C17H22N2OS/c1-11(2)13-6-8-14(9-7-13)16(15-5-4-10-21-15)19-12(3)17(18)20/h4-12,16,19H,1-3H3,(H2,18,20)/t12-,16+/m0/s1. The molecule has 3 nitrogen and oxygen atoms in total. The monoisotopic (exact) mass is 302 g/mol. The van der Waals surface area contributed by atoms with Gasteiger partial charge in [-0.05, 0) is 35.4 Å². The number of hydrogen-bond donors (Lipinski definition) is 2. The molecular formula is C17H22N2OS. The largest absolute Gasteiger partial charge is 0.368 e. The van der Waals surface area contributed by atoms with Gasteiger partial charge in [0.05, 0.1) is 12.1 Å². The second kappa shape index (κ2) is 6.87. The van der Waals surface area contributed by atoms with Crippen LogP contribution in [0.5, 0.6) is 0 Å². The Morgan fingerprint density at radius 2 is 1.71 bits per heavy atom. The van der Waals surface area contributed by atoms with E-state index in [4.69, 9.17) is 5.73 Å². The van der Waals surface area contributed by atoms with Crippen molar-refractivity contribution in [2.45, 2.75) is 38.8 Å².